The van der Waals surface area contributed by atoms with E-state index in [9.17, 15) is 9.18 Å². The molecular weight excluding hydrogens is 219 g/mol. The van der Waals surface area contributed by atoms with Crippen LogP contribution in [0.5, 0.6) is 0 Å². The van der Waals surface area contributed by atoms with Crippen molar-refractivity contribution in [1.82, 2.24) is 10.6 Å². The van der Waals surface area contributed by atoms with Gasteiger partial charge in [0.15, 0.2) is 0 Å². The van der Waals surface area contributed by atoms with Crippen molar-refractivity contribution in [2.24, 2.45) is 5.92 Å². The Morgan fingerprint density at radius 3 is 3.00 bits per heavy atom. The Morgan fingerprint density at radius 1 is 1.47 bits per heavy atom. The second-order valence-electron chi connectivity index (χ2n) is 4.40. The van der Waals surface area contributed by atoms with Gasteiger partial charge in [-0.25, -0.2) is 4.39 Å². The summed E-state index contributed by atoms with van der Waals surface area (Å²) >= 11 is 0. The van der Waals surface area contributed by atoms with Crippen molar-refractivity contribution in [3.05, 3.63) is 35.6 Å². The van der Waals surface area contributed by atoms with Crippen molar-refractivity contribution in [2.45, 2.75) is 12.8 Å². The predicted octanol–water partition coefficient (Wildman–Crippen LogP) is 1.56. The molecule has 1 amide bonds. The molecule has 0 aromatic heterocycles. The lowest BCUT2D eigenvalue weighted by Gasteiger charge is -2.22. The van der Waals surface area contributed by atoms with Crippen molar-refractivity contribution < 1.29 is 9.18 Å². The Kier molecular flexibility index (Phi) is 4.09. The van der Waals surface area contributed by atoms with Crippen LogP contribution in [0.15, 0.2) is 24.3 Å². The second kappa shape index (κ2) is 5.77. The largest absolute Gasteiger partial charge is 0.352 e. The van der Waals surface area contributed by atoms with Crippen molar-refractivity contribution >= 4 is 5.91 Å². The molecule has 2 rings (SSSR count). The molecule has 1 fully saturated rings. The highest BCUT2D eigenvalue weighted by molar-refractivity contribution is 5.94. The van der Waals surface area contributed by atoms with E-state index in [-0.39, 0.29) is 11.5 Å². The molecule has 1 saturated heterocycles. The summed E-state index contributed by atoms with van der Waals surface area (Å²) in [4.78, 5) is 11.7. The number of benzene rings is 1. The number of piperidine rings is 1. The van der Waals surface area contributed by atoms with E-state index in [1.807, 2.05) is 0 Å². The molecule has 0 spiro atoms. The fraction of sp³-hybridized carbons (Fsp3) is 0.462. The van der Waals surface area contributed by atoms with Gasteiger partial charge < -0.3 is 10.6 Å². The van der Waals surface area contributed by atoms with Crippen molar-refractivity contribution in [1.29, 1.82) is 0 Å². The molecule has 17 heavy (non-hydrogen) atoms. The molecule has 0 saturated carbocycles. The molecular formula is C13H17FN2O. The summed E-state index contributed by atoms with van der Waals surface area (Å²) in [7, 11) is 0. The lowest BCUT2D eigenvalue weighted by Crippen LogP contribution is -2.38. The predicted molar refractivity (Wildman–Crippen MR) is 64.3 cm³/mol. The molecule has 1 atom stereocenters. The SMILES string of the molecule is O=C(NC[C@@H]1CCCNC1)c1ccccc1F. The van der Waals surface area contributed by atoms with E-state index in [1.54, 1.807) is 12.1 Å². The Bertz CT molecular complexity index is 389. The van der Waals surface area contributed by atoms with E-state index in [4.69, 9.17) is 0 Å². The van der Waals surface area contributed by atoms with Crippen LogP contribution in [-0.2, 0) is 0 Å². The van der Waals surface area contributed by atoms with Crippen LogP contribution in [0, 0.1) is 11.7 Å². The molecule has 1 aromatic carbocycles. The minimum absolute atomic E-state index is 0.122. The summed E-state index contributed by atoms with van der Waals surface area (Å²) < 4.78 is 13.3. The fourth-order valence-corrected chi connectivity index (χ4v) is 2.08. The van der Waals surface area contributed by atoms with Gasteiger partial charge in [-0.05, 0) is 44.0 Å². The van der Waals surface area contributed by atoms with Crippen LogP contribution in [0.3, 0.4) is 0 Å². The first-order chi connectivity index (χ1) is 8.27. The fourth-order valence-electron chi connectivity index (χ4n) is 2.08. The summed E-state index contributed by atoms with van der Waals surface area (Å²) in [6, 6.07) is 6.05. The lowest BCUT2D eigenvalue weighted by atomic mass is 9.99. The quantitative estimate of drug-likeness (QED) is 0.836. The van der Waals surface area contributed by atoms with E-state index in [2.05, 4.69) is 10.6 Å². The van der Waals surface area contributed by atoms with Crippen LogP contribution >= 0.6 is 0 Å². The Labute approximate surface area is 100 Å². The van der Waals surface area contributed by atoms with Gasteiger partial charge in [0, 0.05) is 6.54 Å². The third-order valence-electron chi connectivity index (χ3n) is 3.07. The van der Waals surface area contributed by atoms with Gasteiger partial charge >= 0.3 is 0 Å². The average Bonchev–Trinajstić information content (AvgIpc) is 2.38. The molecule has 0 radical (unpaired) electrons. The highest BCUT2D eigenvalue weighted by Gasteiger charge is 2.15. The van der Waals surface area contributed by atoms with Crippen LogP contribution in [0.1, 0.15) is 23.2 Å². The Balaban J connectivity index is 1.87. The minimum atomic E-state index is -0.466. The molecule has 0 bridgehead atoms. The first-order valence-electron chi connectivity index (χ1n) is 6.01. The normalized spacial score (nSPS) is 19.9. The summed E-state index contributed by atoms with van der Waals surface area (Å²) in [5, 5.41) is 6.07. The number of hydrogen-bond donors (Lipinski definition) is 2. The molecule has 92 valence electrons. The van der Waals surface area contributed by atoms with Crippen LogP contribution in [0.25, 0.3) is 0 Å². The Morgan fingerprint density at radius 2 is 2.29 bits per heavy atom. The highest BCUT2D eigenvalue weighted by Crippen LogP contribution is 2.10. The maximum atomic E-state index is 13.3. The van der Waals surface area contributed by atoms with Gasteiger partial charge in [-0.3, -0.25) is 4.79 Å². The van der Waals surface area contributed by atoms with Gasteiger partial charge in [0.2, 0.25) is 0 Å². The first-order valence-corrected chi connectivity index (χ1v) is 6.01. The van der Waals surface area contributed by atoms with E-state index in [0.717, 1.165) is 25.9 Å². The van der Waals surface area contributed by atoms with E-state index < -0.39 is 5.82 Å². The second-order valence-corrected chi connectivity index (χ2v) is 4.40. The highest BCUT2D eigenvalue weighted by atomic mass is 19.1. The number of carbonyl (C=O) groups excluding carboxylic acids is 1. The van der Waals surface area contributed by atoms with Crippen LogP contribution in [0.2, 0.25) is 0 Å². The zero-order valence-corrected chi connectivity index (χ0v) is 9.71. The molecule has 1 aromatic rings. The summed E-state index contributed by atoms with van der Waals surface area (Å²) in [6.45, 7) is 2.59. The van der Waals surface area contributed by atoms with Gasteiger partial charge in [0.25, 0.3) is 5.91 Å². The number of hydrogen-bond acceptors (Lipinski definition) is 2. The molecule has 1 aliphatic heterocycles. The van der Waals surface area contributed by atoms with Crippen LogP contribution < -0.4 is 10.6 Å². The minimum Gasteiger partial charge on any atom is -0.352 e. The van der Waals surface area contributed by atoms with E-state index >= 15 is 0 Å². The number of rotatable bonds is 3. The van der Waals surface area contributed by atoms with Gasteiger partial charge in [-0.2, -0.15) is 0 Å². The summed E-state index contributed by atoms with van der Waals surface area (Å²) in [6.07, 6.45) is 2.25. The third kappa shape index (κ3) is 3.27. The summed E-state index contributed by atoms with van der Waals surface area (Å²) in [5.41, 5.74) is 0.122. The topological polar surface area (TPSA) is 41.1 Å². The van der Waals surface area contributed by atoms with Crippen LogP contribution in [0.4, 0.5) is 4.39 Å². The standard InChI is InChI=1S/C13H17FN2O/c14-12-6-2-1-5-11(12)13(17)16-9-10-4-3-7-15-8-10/h1-2,5-6,10,15H,3-4,7-9H2,(H,16,17)/t10-/m1/s1. The maximum absolute atomic E-state index is 13.3. The van der Waals surface area contributed by atoms with Crippen molar-refractivity contribution in [2.75, 3.05) is 19.6 Å². The van der Waals surface area contributed by atoms with Gasteiger partial charge in [0.1, 0.15) is 5.82 Å². The number of carbonyl (C=O) groups is 1. The Hall–Kier alpha value is -1.42. The smallest absolute Gasteiger partial charge is 0.254 e. The third-order valence-corrected chi connectivity index (χ3v) is 3.07. The number of nitrogens with one attached hydrogen (secondary N) is 2. The molecule has 3 nitrogen and oxygen atoms in total. The molecule has 2 N–H and O–H groups in total. The van der Waals surface area contributed by atoms with E-state index in [0.29, 0.717) is 12.5 Å². The zero-order valence-electron chi connectivity index (χ0n) is 9.71. The molecule has 1 heterocycles. The first kappa shape index (κ1) is 12.0. The van der Waals surface area contributed by atoms with Crippen molar-refractivity contribution in [3.8, 4) is 0 Å². The zero-order chi connectivity index (χ0) is 12.1. The van der Waals surface area contributed by atoms with Gasteiger partial charge in [0.05, 0.1) is 5.56 Å². The monoisotopic (exact) mass is 236 g/mol. The summed E-state index contributed by atoms with van der Waals surface area (Å²) in [5.74, 6) is -0.333. The number of amides is 1. The average molecular weight is 236 g/mol. The van der Waals surface area contributed by atoms with Crippen LogP contribution in [-0.4, -0.2) is 25.5 Å². The number of halogens is 1. The maximum Gasteiger partial charge on any atom is 0.254 e. The molecule has 4 heteroatoms. The van der Waals surface area contributed by atoms with Gasteiger partial charge in [-0.15, -0.1) is 0 Å². The van der Waals surface area contributed by atoms with Gasteiger partial charge in [-0.1, -0.05) is 12.1 Å². The lowest BCUT2D eigenvalue weighted by molar-refractivity contribution is 0.0941. The molecule has 1 aliphatic rings. The van der Waals surface area contributed by atoms with E-state index in [1.165, 1.54) is 12.1 Å². The van der Waals surface area contributed by atoms with Crippen molar-refractivity contribution in [3.63, 3.8) is 0 Å². The molecule has 0 unspecified atom stereocenters. The molecule has 0 aliphatic carbocycles.